The smallest absolute Gasteiger partial charge is 0.252 e. The second-order valence-electron chi connectivity index (χ2n) is 8.87. The molecule has 0 saturated heterocycles. The van der Waals surface area contributed by atoms with Gasteiger partial charge in [0.15, 0.2) is 23.3 Å². The summed E-state index contributed by atoms with van der Waals surface area (Å²) in [6.07, 6.45) is 0.0454. The molecule has 0 spiro atoms. The average molecular weight is 529 g/mol. The van der Waals surface area contributed by atoms with Gasteiger partial charge in [-0.3, -0.25) is 9.59 Å². The molecule has 1 aromatic heterocycles. The summed E-state index contributed by atoms with van der Waals surface area (Å²) in [5, 5.41) is 2.73. The molecule has 0 bridgehead atoms. The van der Waals surface area contributed by atoms with Crippen LogP contribution in [0, 0.1) is 41.8 Å². The lowest BCUT2D eigenvalue weighted by Crippen LogP contribution is -2.14. The summed E-state index contributed by atoms with van der Waals surface area (Å²) < 4.78 is 83.1. The third kappa shape index (κ3) is 4.23. The molecule has 38 heavy (non-hydrogen) atoms. The Balaban J connectivity index is 1.42. The molecule has 1 aliphatic rings. The van der Waals surface area contributed by atoms with Crippen LogP contribution < -0.4 is 5.32 Å². The largest absolute Gasteiger partial charge is 0.348 e. The molecule has 11 heteroatoms. The van der Waals surface area contributed by atoms with E-state index >= 15 is 4.39 Å². The summed E-state index contributed by atoms with van der Waals surface area (Å²) in [5.74, 6) is -12.2. The molecule has 2 N–H and O–H groups in total. The Hall–Kier alpha value is -4.41. The van der Waals surface area contributed by atoms with Crippen molar-refractivity contribution >= 4 is 11.7 Å². The highest BCUT2D eigenvalue weighted by Crippen LogP contribution is 2.36. The minimum absolute atomic E-state index is 0.133. The normalized spacial score (nSPS) is 12.6. The summed E-state index contributed by atoms with van der Waals surface area (Å²) in [4.78, 5) is 32.3. The number of ketones is 1. The molecule has 0 saturated carbocycles. The van der Waals surface area contributed by atoms with Crippen LogP contribution >= 0.6 is 0 Å². The monoisotopic (exact) mass is 529 g/mol. The molecule has 0 aliphatic carbocycles. The van der Waals surface area contributed by atoms with Gasteiger partial charge in [-0.2, -0.15) is 0 Å². The molecule has 4 aromatic rings. The number of aromatic amines is 1. The fourth-order valence-corrected chi connectivity index (χ4v) is 4.53. The number of hydrogen-bond acceptors (Lipinski definition) is 3. The molecule has 5 rings (SSSR count). The maximum atomic E-state index is 15.2. The van der Waals surface area contributed by atoms with E-state index in [0.717, 1.165) is 11.8 Å². The van der Waals surface area contributed by atoms with E-state index in [-0.39, 0.29) is 23.6 Å². The van der Waals surface area contributed by atoms with Crippen LogP contribution in [0.1, 0.15) is 32.7 Å². The van der Waals surface area contributed by atoms with Gasteiger partial charge in [0.25, 0.3) is 5.91 Å². The van der Waals surface area contributed by atoms with Gasteiger partial charge in [0.1, 0.15) is 17.4 Å². The van der Waals surface area contributed by atoms with Gasteiger partial charge in [0, 0.05) is 48.0 Å². The number of benzene rings is 3. The van der Waals surface area contributed by atoms with Crippen molar-refractivity contribution in [1.29, 1.82) is 0 Å². The number of H-pyrrole nitrogens is 1. The van der Waals surface area contributed by atoms with Crippen LogP contribution in [-0.2, 0) is 24.2 Å². The first-order valence-corrected chi connectivity index (χ1v) is 11.3. The van der Waals surface area contributed by atoms with E-state index < -0.39 is 59.1 Å². The zero-order chi connectivity index (χ0) is 27.3. The Labute approximate surface area is 211 Å². The molecule has 2 heterocycles. The molecule has 1 aliphatic heterocycles. The van der Waals surface area contributed by atoms with Gasteiger partial charge in [0.05, 0.1) is 5.56 Å². The first-order chi connectivity index (χ1) is 18.1. The molecule has 0 radical (unpaired) electrons. The molecule has 0 atom stereocenters. The number of fused-ring (bicyclic) bond motifs is 1. The van der Waals surface area contributed by atoms with Crippen molar-refractivity contribution < 1.29 is 35.9 Å². The van der Waals surface area contributed by atoms with E-state index in [4.69, 9.17) is 0 Å². The first kappa shape index (κ1) is 25.2. The van der Waals surface area contributed by atoms with E-state index in [2.05, 4.69) is 15.3 Å². The number of aryl methyl sites for hydroxylation is 1. The van der Waals surface area contributed by atoms with E-state index in [1.807, 2.05) is 6.92 Å². The highest BCUT2D eigenvalue weighted by atomic mass is 19.2. The number of rotatable bonds is 6. The summed E-state index contributed by atoms with van der Waals surface area (Å²) in [5.41, 5.74) is 1.76. The number of carbonyl (C=O) groups excluding carboxylic acids is 2. The topological polar surface area (TPSA) is 74.8 Å². The third-order valence-electron chi connectivity index (χ3n) is 6.32. The summed E-state index contributed by atoms with van der Waals surface area (Å²) >= 11 is 0. The van der Waals surface area contributed by atoms with Crippen molar-refractivity contribution in [2.45, 2.75) is 26.3 Å². The standard InChI is InChI=1S/C27H17F6N3O2/c1-11-9-34-26(36-11)16-5-4-14(18-10-35-27(38)20(16)18)15-3-2-12(7-19(15)28)6-13(37)8-17-21(29)23(31)25(33)24(32)22(17)30/h2-5,7,9H,6,8,10H2,1H3,(H,34,36)(H,35,38). The first-order valence-electron chi connectivity index (χ1n) is 11.3. The number of nitrogens with zero attached hydrogens (tertiary/aromatic N) is 1. The molecule has 194 valence electrons. The van der Waals surface area contributed by atoms with Crippen LogP contribution in [0.25, 0.3) is 22.5 Å². The summed E-state index contributed by atoms with van der Waals surface area (Å²) in [6.45, 7) is 1.98. The molecule has 5 nitrogen and oxygen atoms in total. The van der Waals surface area contributed by atoms with Crippen LogP contribution in [0.3, 0.4) is 0 Å². The summed E-state index contributed by atoms with van der Waals surface area (Å²) in [6, 6.07) is 7.16. The minimum atomic E-state index is -2.32. The van der Waals surface area contributed by atoms with Crippen molar-refractivity contribution in [3.63, 3.8) is 0 Å². The predicted octanol–water partition coefficient (Wildman–Crippen LogP) is 5.48. The molecule has 0 fully saturated rings. The van der Waals surface area contributed by atoms with E-state index in [0.29, 0.717) is 28.1 Å². The molecule has 0 unspecified atom stereocenters. The lowest BCUT2D eigenvalue weighted by Gasteiger charge is -2.12. The Bertz CT molecular complexity index is 1620. The van der Waals surface area contributed by atoms with Gasteiger partial charge in [-0.1, -0.05) is 18.2 Å². The number of hydrogen-bond donors (Lipinski definition) is 2. The molecular weight excluding hydrogens is 512 g/mol. The number of halogens is 6. The van der Waals surface area contributed by atoms with Crippen molar-refractivity contribution in [2.24, 2.45) is 0 Å². The Kier molecular flexibility index (Phi) is 6.29. The number of carbonyl (C=O) groups is 2. The maximum Gasteiger partial charge on any atom is 0.252 e. The number of amides is 1. The minimum Gasteiger partial charge on any atom is -0.348 e. The van der Waals surface area contributed by atoms with Gasteiger partial charge < -0.3 is 10.3 Å². The van der Waals surface area contributed by atoms with Gasteiger partial charge >= 0.3 is 0 Å². The predicted molar refractivity (Wildman–Crippen MR) is 124 cm³/mol. The van der Waals surface area contributed by atoms with Gasteiger partial charge in [-0.05, 0) is 35.7 Å². The van der Waals surface area contributed by atoms with Crippen molar-refractivity contribution in [3.05, 3.63) is 99.4 Å². The van der Waals surface area contributed by atoms with E-state index in [9.17, 15) is 31.5 Å². The van der Waals surface area contributed by atoms with Crippen molar-refractivity contribution in [3.8, 4) is 22.5 Å². The molecular formula is C27H17F6N3O2. The second kappa shape index (κ2) is 9.47. The number of Topliss-reactive ketones (excluding diaryl/α,β-unsaturated/α-hetero) is 1. The van der Waals surface area contributed by atoms with Crippen LogP contribution in [0.4, 0.5) is 26.3 Å². The lowest BCUT2D eigenvalue weighted by molar-refractivity contribution is -0.117. The zero-order valence-electron chi connectivity index (χ0n) is 19.6. The summed E-state index contributed by atoms with van der Waals surface area (Å²) in [7, 11) is 0. The van der Waals surface area contributed by atoms with Crippen LogP contribution in [0.15, 0.2) is 36.5 Å². The number of imidazole rings is 1. The van der Waals surface area contributed by atoms with Crippen LogP contribution in [0.5, 0.6) is 0 Å². The van der Waals surface area contributed by atoms with Gasteiger partial charge in [-0.25, -0.2) is 31.3 Å². The third-order valence-corrected chi connectivity index (χ3v) is 6.32. The SMILES string of the molecule is Cc1cnc(-c2ccc(-c3ccc(CC(=O)Cc4c(F)c(F)c(F)c(F)c4F)cc3F)c3c2C(=O)NC3)[nH]1. The average Bonchev–Trinajstić information content (AvgIpc) is 3.50. The fraction of sp³-hybridized carbons (Fsp3) is 0.148. The highest BCUT2D eigenvalue weighted by Gasteiger charge is 2.29. The Morgan fingerprint density at radius 2 is 1.50 bits per heavy atom. The molecule has 3 aromatic carbocycles. The van der Waals surface area contributed by atoms with Crippen molar-refractivity contribution in [1.82, 2.24) is 15.3 Å². The van der Waals surface area contributed by atoms with Crippen LogP contribution in [-0.4, -0.2) is 21.7 Å². The van der Waals surface area contributed by atoms with Gasteiger partial charge in [0.2, 0.25) is 5.82 Å². The molecule has 1 amide bonds. The number of nitrogens with one attached hydrogen (secondary N) is 2. The highest BCUT2D eigenvalue weighted by molar-refractivity contribution is 6.06. The Morgan fingerprint density at radius 3 is 2.13 bits per heavy atom. The van der Waals surface area contributed by atoms with E-state index in [1.54, 1.807) is 18.3 Å². The maximum absolute atomic E-state index is 15.2. The van der Waals surface area contributed by atoms with E-state index in [1.165, 1.54) is 12.1 Å². The fourth-order valence-electron chi connectivity index (χ4n) is 4.53. The Morgan fingerprint density at radius 1 is 0.868 bits per heavy atom. The van der Waals surface area contributed by atoms with Crippen molar-refractivity contribution in [2.75, 3.05) is 0 Å². The zero-order valence-corrected chi connectivity index (χ0v) is 19.6. The lowest BCUT2D eigenvalue weighted by atomic mass is 9.91. The second-order valence-corrected chi connectivity index (χ2v) is 8.87. The van der Waals surface area contributed by atoms with Crippen LogP contribution in [0.2, 0.25) is 0 Å². The number of aromatic nitrogens is 2. The quantitative estimate of drug-likeness (QED) is 0.197. The van der Waals surface area contributed by atoms with Gasteiger partial charge in [-0.15, -0.1) is 0 Å².